The van der Waals surface area contributed by atoms with Crippen molar-refractivity contribution in [1.29, 1.82) is 0 Å². The standard InChI is InChI=1S/C12H24O2/c1-4-6-7-8-9-12(13)14-10-11(3)5-2/h11H,4-10H2,1-3H3/t11-/m0/s1. The number of unbranched alkanes of at least 4 members (excludes halogenated alkanes) is 3. The van der Waals surface area contributed by atoms with Crippen molar-refractivity contribution in [3.8, 4) is 0 Å². The van der Waals surface area contributed by atoms with Gasteiger partial charge in [-0.25, -0.2) is 0 Å². The van der Waals surface area contributed by atoms with Crippen LogP contribution in [0.4, 0.5) is 0 Å². The molecule has 0 aromatic carbocycles. The van der Waals surface area contributed by atoms with Crippen LogP contribution in [0.25, 0.3) is 0 Å². The second kappa shape index (κ2) is 9.04. The molecule has 84 valence electrons. The van der Waals surface area contributed by atoms with Crippen molar-refractivity contribution in [3.05, 3.63) is 0 Å². The number of carbonyl (C=O) groups excluding carboxylic acids is 1. The third-order valence-electron chi connectivity index (χ3n) is 2.46. The van der Waals surface area contributed by atoms with Gasteiger partial charge in [-0.05, 0) is 12.3 Å². The van der Waals surface area contributed by atoms with E-state index < -0.39 is 0 Å². The fourth-order valence-electron chi connectivity index (χ4n) is 1.12. The maximum Gasteiger partial charge on any atom is 0.305 e. The Hall–Kier alpha value is -0.530. The molecule has 0 radical (unpaired) electrons. The average molecular weight is 200 g/mol. The van der Waals surface area contributed by atoms with Gasteiger partial charge in [0.15, 0.2) is 0 Å². The predicted octanol–water partition coefficient (Wildman–Crippen LogP) is 3.55. The first-order chi connectivity index (χ1) is 6.70. The first-order valence-electron chi connectivity index (χ1n) is 5.86. The van der Waals surface area contributed by atoms with Crippen LogP contribution in [0.5, 0.6) is 0 Å². The Morgan fingerprint density at radius 2 is 1.93 bits per heavy atom. The van der Waals surface area contributed by atoms with E-state index in [2.05, 4.69) is 20.8 Å². The zero-order valence-electron chi connectivity index (χ0n) is 9.84. The van der Waals surface area contributed by atoms with E-state index in [0.29, 0.717) is 18.9 Å². The molecule has 0 saturated heterocycles. The smallest absolute Gasteiger partial charge is 0.305 e. The molecule has 0 heterocycles. The molecule has 0 aliphatic rings. The van der Waals surface area contributed by atoms with Gasteiger partial charge < -0.3 is 4.74 Å². The molecule has 14 heavy (non-hydrogen) atoms. The van der Waals surface area contributed by atoms with E-state index in [1.54, 1.807) is 0 Å². The first-order valence-corrected chi connectivity index (χ1v) is 5.86. The van der Waals surface area contributed by atoms with Gasteiger partial charge in [0, 0.05) is 6.42 Å². The molecule has 0 amide bonds. The molecule has 0 spiro atoms. The zero-order valence-corrected chi connectivity index (χ0v) is 9.84. The van der Waals surface area contributed by atoms with E-state index in [0.717, 1.165) is 19.3 Å². The van der Waals surface area contributed by atoms with Crippen LogP contribution < -0.4 is 0 Å². The van der Waals surface area contributed by atoms with Crippen molar-refractivity contribution < 1.29 is 9.53 Å². The molecule has 2 nitrogen and oxygen atoms in total. The maximum atomic E-state index is 11.2. The number of ether oxygens (including phenoxy) is 1. The summed E-state index contributed by atoms with van der Waals surface area (Å²) in [5, 5.41) is 0. The van der Waals surface area contributed by atoms with Gasteiger partial charge in [-0.3, -0.25) is 4.79 Å². The van der Waals surface area contributed by atoms with Crippen molar-refractivity contribution in [1.82, 2.24) is 0 Å². The highest BCUT2D eigenvalue weighted by atomic mass is 16.5. The Balaban J connectivity index is 3.28. The molecular formula is C12H24O2. The largest absolute Gasteiger partial charge is 0.465 e. The van der Waals surface area contributed by atoms with E-state index in [1.165, 1.54) is 12.8 Å². The molecule has 0 unspecified atom stereocenters. The fraction of sp³-hybridized carbons (Fsp3) is 0.917. The van der Waals surface area contributed by atoms with Crippen molar-refractivity contribution >= 4 is 5.97 Å². The Labute approximate surface area is 88.0 Å². The second-order valence-corrected chi connectivity index (χ2v) is 4.01. The lowest BCUT2D eigenvalue weighted by atomic mass is 10.1. The van der Waals surface area contributed by atoms with Gasteiger partial charge in [0.1, 0.15) is 0 Å². The highest BCUT2D eigenvalue weighted by Crippen LogP contribution is 2.05. The van der Waals surface area contributed by atoms with Crippen LogP contribution in [0.1, 0.15) is 59.3 Å². The number of hydrogen-bond acceptors (Lipinski definition) is 2. The summed E-state index contributed by atoms with van der Waals surface area (Å²) in [6.45, 7) is 6.97. The maximum absolute atomic E-state index is 11.2. The fourth-order valence-corrected chi connectivity index (χ4v) is 1.12. The minimum Gasteiger partial charge on any atom is -0.465 e. The lowest BCUT2D eigenvalue weighted by molar-refractivity contribution is -0.145. The van der Waals surface area contributed by atoms with Gasteiger partial charge in [-0.2, -0.15) is 0 Å². The van der Waals surface area contributed by atoms with Crippen molar-refractivity contribution in [3.63, 3.8) is 0 Å². The SMILES string of the molecule is CCCCCCC(=O)OC[C@@H](C)CC. The van der Waals surface area contributed by atoms with E-state index in [9.17, 15) is 4.79 Å². The topological polar surface area (TPSA) is 26.3 Å². The van der Waals surface area contributed by atoms with Crippen molar-refractivity contribution in [2.75, 3.05) is 6.61 Å². The van der Waals surface area contributed by atoms with E-state index in [-0.39, 0.29) is 5.97 Å². The molecule has 1 atom stereocenters. The molecule has 0 rings (SSSR count). The lowest BCUT2D eigenvalue weighted by Gasteiger charge is -2.09. The molecule has 0 N–H and O–H groups in total. The third-order valence-corrected chi connectivity index (χ3v) is 2.46. The molecular weight excluding hydrogens is 176 g/mol. The van der Waals surface area contributed by atoms with Crippen LogP contribution >= 0.6 is 0 Å². The first kappa shape index (κ1) is 13.5. The number of hydrogen-bond donors (Lipinski definition) is 0. The monoisotopic (exact) mass is 200 g/mol. The minimum atomic E-state index is -0.0265. The summed E-state index contributed by atoms with van der Waals surface area (Å²) in [6, 6.07) is 0. The summed E-state index contributed by atoms with van der Waals surface area (Å²) < 4.78 is 5.14. The van der Waals surface area contributed by atoms with Crippen LogP contribution in [0.2, 0.25) is 0 Å². The third kappa shape index (κ3) is 8.09. The summed E-state index contributed by atoms with van der Waals surface area (Å²) in [7, 11) is 0. The predicted molar refractivity (Wildman–Crippen MR) is 59.2 cm³/mol. The van der Waals surface area contributed by atoms with Gasteiger partial charge in [0.25, 0.3) is 0 Å². The van der Waals surface area contributed by atoms with Crippen LogP contribution in [0, 0.1) is 5.92 Å². The van der Waals surface area contributed by atoms with E-state index in [1.807, 2.05) is 0 Å². The Bertz CT molecular complexity index is 143. The lowest BCUT2D eigenvalue weighted by Crippen LogP contribution is -2.11. The molecule has 0 aliphatic heterocycles. The highest BCUT2D eigenvalue weighted by Gasteiger charge is 2.05. The van der Waals surface area contributed by atoms with E-state index in [4.69, 9.17) is 4.74 Å². The summed E-state index contributed by atoms with van der Waals surface area (Å²) in [4.78, 5) is 11.2. The number of rotatable bonds is 8. The van der Waals surface area contributed by atoms with Crippen LogP contribution in [-0.2, 0) is 9.53 Å². The summed E-state index contributed by atoms with van der Waals surface area (Å²) >= 11 is 0. The van der Waals surface area contributed by atoms with Crippen LogP contribution in [-0.4, -0.2) is 12.6 Å². The highest BCUT2D eigenvalue weighted by molar-refractivity contribution is 5.69. The number of esters is 1. The van der Waals surface area contributed by atoms with Gasteiger partial charge in [-0.15, -0.1) is 0 Å². The number of carbonyl (C=O) groups is 1. The zero-order chi connectivity index (χ0) is 10.8. The Kier molecular flexibility index (Phi) is 8.70. The molecule has 0 aromatic heterocycles. The van der Waals surface area contributed by atoms with E-state index >= 15 is 0 Å². The summed E-state index contributed by atoms with van der Waals surface area (Å²) in [5.74, 6) is 0.469. The normalized spacial score (nSPS) is 12.5. The molecule has 0 bridgehead atoms. The molecule has 0 aliphatic carbocycles. The molecule has 0 aromatic rings. The van der Waals surface area contributed by atoms with Gasteiger partial charge in [-0.1, -0.05) is 46.5 Å². The quantitative estimate of drug-likeness (QED) is 0.442. The summed E-state index contributed by atoms with van der Waals surface area (Å²) in [6.07, 6.45) is 6.22. The van der Waals surface area contributed by atoms with Crippen LogP contribution in [0.15, 0.2) is 0 Å². The van der Waals surface area contributed by atoms with Crippen LogP contribution in [0.3, 0.4) is 0 Å². The van der Waals surface area contributed by atoms with Crippen molar-refractivity contribution in [2.24, 2.45) is 5.92 Å². The Morgan fingerprint density at radius 1 is 1.21 bits per heavy atom. The average Bonchev–Trinajstić information content (AvgIpc) is 2.21. The second-order valence-electron chi connectivity index (χ2n) is 4.01. The van der Waals surface area contributed by atoms with Gasteiger partial charge >= 0.3 is 5.97 Å². The summed E-state index contributed by atoms with van der Waals surface area (Å²) in [5.41, 5.74) is 0. The Morgan fingerprint density at radius 3 is 2.50 bits per heavy atom. The molecule has 2 heteroatoms. The van der Waals surface area contributed by atoms with Gasteiger partial charge in [0.2, 0.25) is 0 Å². The molecule has 0 saturated carbocycles. The minimum absolute atomic E-state index is 0.0265. The molecule has 0 fully saturated rings. The van der Waals surface area contributed by atoms with Crippen molar-refractivity contribution in [2.45, 2.75) is 59.3 Å². The van der Waals surface area contributed by atoms with Gasteiger partial charge in [0.05, 0.1) is 6.61 Å².